The number of thioether (sulfide) groups is 1. The number of fused-ring (bicyclic) bond motifs is 1. The molecule has 2 N–H and O–H groups in total. The second-order valence-corrected chi connectivity index (χ2v) is 6.65. The van der Waals surface area contributed by atoms with Crippen molar-refractivity contribution in [3.8, 4) is 11.6 Å². The van der Waals surface area contributed by atoms with Gasteiger partial charge in [-0.3, -0.25) is 9.89 Å². The number of H-pyrrole nitrogens is 1. The zero-order valence-corrected chi connectivity index (χ0v) is 14.7. The number of para-hydroxylation sites is 1. The van der Waals surface area contributed by atoms with Crippen molar-refractivity contribution < 1.29 is 13.6 Å². The normalized spacial score (nSPS) is 12.3. The lowest BCUT2D eigenvalue weighted by Crippen LogP contribution is -2.27. The number of carbonyl (C=O) groups excluding carboxylic acids is 1. The highest BCUT2D eigenvalue weighted by molar-refractivity contribution is 7.99. The number of aromatic amines is 1. The Balaban J connectivity index is 1.33. The highest BCUT2D eigenvalue weighted by atomic mass is 32.2. The number of hydrogen-bond acceptors (Lipinski definition) is 6. The molecule has 26 heavy (non-hydrogen) atoms. The van der Waals surface area contributed by atoms with Crippen molar-refractivity contribution in [2.24, 2.45) is 0 Å². The van der Waals surface area contributed by atoms with Gasteiger partial charge in [-0.25, -0.2) is 0 Å². The minimum absolute atomic E-state index is 0.118. The summed E-state index contributed by atoms with van der Waals surface area (Å²) in [7, 11) is 0. The molecule has 0 bridgehead atoms. The van der Waals surface area contributed by atoms with Gasteiger partial charge in [-0.05, 0) is 31.2 Å². The molecule has 8 heteroatoms. The Morgan fingerprint density at radius 2 is 2.19 bits per heavy atom. The first kappa shape index (κ1) is 16.5. The number of nitrogens with one attached hydrogen (secondary N) is 2. The number of nitrogens with zero attached hydrogens (tertiary/aromatic N) is 2. The van der Waals surface area contributed by atoms with Gasteiger partial charge in [0.25, 0.3) is 0 Å². The van der Waals surface area contributed by atoms with E-state index >= 15 is 0 Å². The number of amides is 1. The smallest absolute Gasteiger partial charge is 0.231 e. The minimum Gasteiger partial charge on any atom is -0.461 e. The molecule has 0 unspecified atom stereocenters. The van der Waals surface area contributed by atoms with Gasteiger partial charge in [0.05, 0.1) is 18.1 Å². The van der Waals surface area contributed by atoms with Crippen LogP contribution in [0.3, 0.4) is 0 Å². The van der Waals surface area contributed by atoms with Crippen LogP contribution in [0.1, 0.15) is 18.7 Å². The van der Waals surface area contributed by atoms with Crippen molar-refractivity contribution in [2.45, 2.75) is 18.1 Å². The number of benzene rings is 1. The van der Waals surface area contributed by atoms with E-state index in [-0.39, 0.29) is 17.7 Å². The molecular formula is C18H16N4O3S. The van der Waals surface area contributed by atoms with Crippen LogP contribution in [0.4, 0.5) is 0 Å². The van der Waals surface area contributed by atoms with E-state index < -0.39 is 0 Å². The first-order valence-electron chi connectivity index (χ1n) is 8.06. The van der Waals surface area contributed by atoms with Crippen LogP contribution >= 0.6 is 11.8 Å². The van der Waals surface area contributed by atoms with Crippen LogP contribution in [-0.4, -0.2) is 26.8 Å². The zero-order valence-electron chi connectivity index (χ0n) is 13.9. The summed E-state index contributed by atoms with van der Waals surface area (Å²) in [4.78, 5) is 16.5. The monoisotopic (exact) mass is 368 g/mol. The van der Waals surface area contributed by atoms with Crippen LogP contribution in [0.2, 0.25) is 0 Å². The van der Waals surface area contributed by atoms with E-state index in [1.54, 1.807) is 18.4 Å². The van der Waals surface area contributed by atoms with E-state index in [0.717, 1.165) is 16.7 Å². The van der Waals surface area contributed by atoms with Gasteiger partial charge in [-0.2, -0.15) is 4.98 Å². The van der Waals surface area contributed by atoms with Crippen LogP contribution in [0.15, 0.2) is 62.7 Å². The Morgan fingerprint density at radius 3 is 3.00 bits per heavy atom. The topological polar surface area (TPSA) is 97.0 Å². The van der Waals surface area contributed by atoms with Crippen LogP contribution in [0.25, 0.3) is 22.6 Å². The maximum absolute atomic E-state index is 12.2. The lowest BCUT2D eigenvalue weighted by molar-refractivity contribution is -0.119. The lowest BCUT2D eigenvalue weighted by atomic mass is 10.2. The second kappa shape index (κ2) is 7.09. The maximum atomic E-state index is 12.2. The number of carbonyl (C=O) groups is 1. The predicted molar refractivity (Wildman–Crippen MR) is 97.6 cm³/mol. The summed E-state index contributed by atoms with van der Waals surface area (Å²) in [5.41, 5.74) is 0.809. The van der Waals surface area contributed by atoms with Crippen LogP contribution in [-0.2, 0) is 4.79 Å². The van der Waals surface area contributed by atoms with Crippen molar-refractivity contribution in [1.29, 1.82) is 0 Å². The number of furan rings is 2. The van der Waals surface area contributed by atoms with Crippen LogP contribution in [0, 0.1) is 0 Å². The largest absolute Gasteiger partial charge is 0.461 e. The molecule has 132 valence electrons. The van der Waals surface area contributed by atoms with E-state index in [1.807, 2.05) is 37.3 Å². The van der Waals surface area contributed by atoms with Crippen molar-refractivity contribution in [3.05, 3.63) is 54.5 Å². The lowest BCUT2D eigenvalue weighted by Gasteiger charge is -2.10. The molecule has 3 heterocycles. The first-order chi connectivity index (χ1) is 12.7. The number of hydrogen-bond donors (Lipinski definition) is 2. The number of aromatic nitrogens is 3. The molecule has 0 spiro atoms. The fraction of sp³-hybridized carbons (Fsp3) is 0.167. The van der Waals surface area contributed by atoms with Crippen molar-refractivity contribution in [1.82, 2.24) is 20.5 Å². The van der Waals surface area contributed by atoms with Gasteiger partial charge in [0, 0.05) is 5.39 Å². The van der Waals surface area contributed by atoms with Crippen molar-refractivity contribution in [2.75, 3.05) is 5.75 Å². The summed E-state index contributed by atoms with van der Waals surface area (Å²) in [5, 5.41) is 11.3. The number of rotatable bonds is 6. The molecule has 0 aliphatic rings. The summed E-state index contributed by atoms with van der Waals surface area (Å²) >= 11 is 1.25. The minimum atomic E-state index is -0.221. The molecule has 4 rings (SSSR count). The van der Waals surface area contributed by atoms with Gasteiger partial charge in [0.1, 0.15) is 11.3 Å². The molecule has 0 aliphatic carbocycles. The Morgan fingerprint density at radius 1 is 1.31 bits per heavy atom. The Labute approximate surface area is 153 Å². The van der Waals surface area contributed by atoms with Gasteiger partial charge in [0.15, 0.2) is 11.6 Å². The summed E-state index contributed by atoms with van der Waals surface area (Å²) in [5.74, 6) is 1.95. The third kappa shape index (κ3) is 3.50. The zero-order chi connectivity index (χ0) is 17.9. The third-order valence-corrected chi connectivity index (χ3v) is 4.65. The summed E-state index contributed by atoms with van der Waals surface area (Å²) in [6.07, 6.45) is 1.57. The molecular weight excluding hydrogens is 352 g/mol. The highest BCUT2D eigenvalue weighted by Crippen LogP contribution is 2.24. The predicted octanol–water partition coefficient (Wildman–Crippen LogP) is 3.78. The Bertz CT molecular complexity index is 989. The molecule has 0 saturated heterocycles. The van der Waals surface area contributed by atoms with E-state index in [2.05, 4.69) is 20.5 Å². The van der Waals surface area contributed by atoms with Gasteiger partial charge >= 0.3 is 0 Å². The average molecular weight is 368 g/mol. The van der Waals surface area contributed by atoms with Gasteiger partial charge in [-0.15, -0.1) is 5.10 Å². The molecule has 0 fully saturated rings. The van der Waals surface area contributed by atoms with Gasteiger partial charge in [-0.1, -0.05) is 30.0 Å². The second-order valence-electron chi connectivity index (χ2n) is 5.71. The fourth-order valence-electron chi connectivity index (χ4n) is 2.53. The molecule has 1 atom stereocenters. The SMILES string of the molecule is C[C@@H](NC(=O)CSc1n[nH]c(-c2ccco2)n1)c1cc2ccccc2o1. The van der Waals surface area contributed by atoms with Crippen LogP contribution < -0.4 is 5.32 Å². The van der Waals surface area contributed by atoms with Crippen molar-refractivity contribution >= 4 is 28.6 Å². The quantitative estimate of drug-likeness (QED) is 0.503. The van der Waals surface area contributed by atoms with E-state index in [1.165, 1.54) is 11.8 Å². The molecule has 0 radical (unpaired) electrons. The van der Waals surface area contributed by atoms with Gasteiger partial charge in [0.2, 0.25) is 11.1 Å². The highest BCUT2D eigenvalue weighted by Gasteiger charge is 2.15. The van der Waals surface area contributed by atoms with E-state index in [9.17, 15) is 4.79 Å². The summed E-state index contributed by atoms with van der Waals surface area (Å²) in [6, 6.07) is 13.0. The van der Waals surface area contributed by atoms with Crippen LogP contribution in [0.5, 0.6) is 0 Å². The van der Waals surface area contributed by atoms with Gasteiger partial charge < -0.3 is 14.2 Å². The summed E-state index contributed by atoms with van der Waals surface area (Å²) in [6.45, 7) is 1.89. The molecule has 0 saturated carbocycles. The fourth-order valence-corrected chi connectivity index (χ4v) is 3.14. The molecule has 3 aromatic heterocycles. The van der Waals surface area contributed by atoms with Crippen molar-refractivity contribution in [3.63, 3.8) is 0 Å². The molecule has 7 nitrogen and oxygen atoms in total. The maximum Gasteiger partial charge on any atom is 0.231 e. The standard InChI is InChI=1S/C18H16N4O3S/c1-11(15-9-12-5-2-3-6-13(12)25-15)19-16(23)10-26-18-20-17(21-22-18)14-7-4-8-24-14/h2-9,11H,10H2,1H3,(H,19,23)(H,20,21,22)/t11-/m1/s1. The Kier molecular flexibility index (Phi) is 4.49. The molecule has 1 amide bonds. The molecule has 0 aliphatic heterocycles. The summed E-state index contributed by atoms with van der Waals surface area (Å²) < 4.78 is 11.0. The first-order valence-corrected chi connectivity index (χ1v) is 9.04. The van der Waals surface area contributed by atoms with E-state index in [4.69, 9.17) is 8.83 Å². The molecule has 4 aromatic rings. The Hall–Kier alpha value is -3.00. The third-order valence-electron chi connectivity index (χ3n) is 3.80. The average Bonchev–Trinajstić information content (AvgIpc) is 3.39. The molecule has 1 aromatic carbocycles. The van der Waals surface area contributed by atoms with E-state index in [0.29, 0.717) is 16.7 Å².